The van der Waals surface area contributed by atoms with Gasteiger partial charge in [-0.2, -0.15) is 0 Å². The molecular weight excluding hydrogens is 817 g/mol. The van der Waals surface area contributed by atoms with Crippen LogP contribution < -0.4 is 0 Å². The molecule has 66 heavy (non-hydrogen) atoms. The highest BCUT2D eigenvalue weighted by Crippen LogP contribution is 2.18. The lowest BCUT2D eigenvalue weighted by Gasteiger charge is -2.18. The lowest BCUT2D eigenvalue weighted by atomic mass is 10.0. The number of hydrogen-bond donors (Lipinski definition) is 0. The highest BCUT2D eigenvalue weighted by molar-refractivity contribution is 5.71. The first-order chi connectivity index (χ1) is 32.5. The second kappa shape index (κ2) is 56.0. The van der Waals surface area contributed by atoms with Gasteiger partial charge in [-0.05, 0) is 19.3 Å². The summed E-state index contributed by atoms with van der Waals surface area (Å²) in [7, 11) is 0. The summed E-state index contributed by atoms with van der Waals surface area (Å²) in [6.07, 6.45) is 62.4. The SMILES string of the molecule is CCCCCCCCCCCCCCCCCCCCCC(=O)O[C@@H](COC(=O)CCCCCCCCCCCCC)COC(=O)CCCCCCCCCCCCCCCCCCCC. The average Bonchev–Trinajstić information content (AvgIpc) is 3.31. The lowest BCUT2D eigenvalue weighted by molar-refractivity contribution is -0.167. The molecule has 0 heterocycles. The number of carbonyl (C=O) groups excluding carboxylic acids is 3. The molecule has 0 aromatic carbocycles. The number of hydrogen-bond acceptors (Lipinski definition) is 6. The molecule has 0 saturated heterocycles. The third-order valence-corrected chi connectivity index (χ3v) is 13.9. The molecule has 0 unspecified atom stereocenters. The summed E-state index contributed by atoms with van der Waals surface area (Å²) in [5.74, 6) is -0.831. The van der Waals surface area contributed by atoms with Gasteiger partial charge in [0, 0.05) is 19.3 Å². The third kappa shape index (κ3) is 53.4. The number of carbonyl (C=O) groups is 3. The minimum absolute atomic E-state index is 0.0610. The predicted octanol–water partition coefficient (Wildman–Crippen LogP) is 19.9. The highest BCUT2D eigenvalue weighted by Gasteiger charge is 2.19. The fraction of sp³-hybridized carbons (Fsp3) is 0.950. The fourth-order valence-electron chi connectivity index (χ4n) is 9.33. The van der Waals surface area contributed by atoms with E-state index in [-0.39, 0.29) is 31.1 Å². The van der Waals surface area contributed by atoms with Crippen LogP contribution >= 0.6 is 0 Å². The molecule has 6 nitrogen and oxygen atoms in total. The molecule has 0 amide bonds. The van der Waals surface area contributed by atoms with Gasteiger partial charge in [0.25, 0.3) is 0 Å². The van der Waals surface area contributed by atoms with E-state index in [9.17, 15) is 14.4 Å². The molecule has 392 valence electrons. The van der Waals surface area contributed by atoms with Crippen LogP contribution in [0, 0.1) is 0 Å². The van der Waals surface area contributed by atoms with Gasteiger partial charge in [-0.3, -0.25) is 14.4 Å². The summed E-state index contributed by atoms with van der Waals surface area (Å²) in [4.78, 5) is 38.1. The summed E-state index contributed by atoms with van der Waals surface area (Å²) in [6, 6.07) is 0. The van der Waals surface area contributed by atoms with Gasteiger partial charge in [0.1, 0.15) is 13.2 Å². The van der Waals surface area contributed by atoms with Crippen molar-refractivity contribution in [1.29, 1.82) is 0 Å². The first kappa shape index (κ1) is 64.4. The Labute approximate surface area is 412 Å². The van der Waals surface area contributed by atoms with Crippen LogP contribution in [0.4, 0.5) is 0 Å². The average molecular weight is 934 g/mol. The molecule has 0 fully saturated rings. The van der Waals surface area contributed by atoms with Crippen molar-refractivity contribution in [2.75, 3.05) is 13.2 Å². The molecule has 0 N–H and O–H groups in total. The van der Waals surface area contributed by atoms with Crippen LogP contribution in [0.15, 0.2) is 0 Å². The van der Waals surface area contributed by atoms with E-state index >= 15 is 0 Å². The van der Waals surface area contributed by atoms with E-state index in [0.29, 0.717) is 19.3 Å². The van der Waals surface area contributed by atoms with E-state index in [4.69, 9.17) is 14.2 Å². The zero-order chi connectivity index (χ0) is 47.9. The number of unbranched alkanes of at least 4 members (excludes halogenated alkanes) is 45. The molecule has 0 aromatic rings. The van der Waals surface area contributed by atoms with Gasteiger partial charge < -0.3 is 14.2 Å². The minimum atomic E-state index is -0.761. The zero-order valence-electron chi connectivity index (χ0n) is 45.0. The summed E-state index contributed by atoms with van der Waals surface area (Å²) >= 11 is 0. The van der Waals surface area contributed by atoms with Gasteiger partial charge in [-0.25, -0.2) is 0 Å². The van der Waals surface area contributed by atoms with Crippen LogP contribution in [0.5, 0.6) is 0 Å². The molecule has 0 rings (SSSR count). The van der Waals surface area contributed by atoms with Crippen molar-refractivity contribution in [3.63, 3.8) is 0 Å². The summed E-state index contributed by atoms with van der Waals surface area (Å²) in [5.41, 5.74) is 0. The molecule has 0 aliphatic rings. The molecule has 0 bridgehead atoms. The van der Waals surface area contributed by atoms with Crippen molar-refractivity contribution in [2.24, 2.45) is 0 Å². The Bertz CT molecular complexity index is 982. The molecular formula is C60H116O6. The lowest BCUT2D eigenvalue weighted by Crippen LogP contribution is -2.30. The summed E-state index contributed by atoms with van der Waals surface area (Å²) in [5, 5.41) is 0. The van der Waals surface area contributed by atoms with Crippen molar-refractivity contribution < 1.29 is 28.6 Å². The topological polar surface area (TPSA) is 78.9 Å². The molecule has 0 aromatic heterocycles. The maximum Gasteiger partial charge on any atom is 0.306 e. The van der Waals surface area contributed by atoms with Gasteiger partial charge in [0.15, 0.2) is 6.10 Å². The zero-order valence-corrected chi connectivity index (χ0v) is 45.0. The second-order valence-corrected chi connectivity index (χ2v) is 20.6. The fourth-order valence-corrected chi connectivity index (χ4v) is 9.33. The van der Waals surface area contributed by atoms with Crippen molar-refractivity contribution in [1.82, 2.24) is 0 Å². The Balaban J connectivity index is 4.23. The Morgan fingerprint density at radius 3 is 0.606 bits per heavy atom. The quantitative estimate of drug-likeness (QED) is 0.0343. The van der Waals surface area contributed by atoms with Gasteiger partial charge >= 0.3 is 17.9 Å². The number of rotatable bonds is 56. The standard InChI is InChI=1S/C60H116O6/c1-4-7-10-13-16-19-22-24-26-28-30-32-34-36-39-42-45-48-51-54-60(63)66-57(55-64-58(61)52-49-46-43-40-37-21-18-15-12-9-6-3)56-65-59(62)53-50-47-44-41-38-35-33-31-29-27-25-23-20-17-14-11-8-5-2/h57H,4-56H2,1-3H3/t57-/m0/s1. The van der Waals surface area contributed by atoms with Gasteiger partial charge in [-0.15, -0.1) is 0 Å². The third-order valence-electron chi connectivity index (χ3n) is 13.9. The molecule has 0 spiro atoms. The van der Waals surface area contributed by atoms with Gasteiger partial charge in [0.2, 0.25) is 0 Å². The van der Waals surface area contributed by atoms with Crippen molar-refractivity contribution >= 4 is 17.9 Å². The Hall–Kier alpha value is -1.59. The minimum Gasteiger partial charge on any atom is -0.462 e. The van der Waals surface area contributed by atoms with Gasteiger partial charge in [-0.1, -0.05) is 310 Å². The first-order valence-corrected chi connectivity index (χ1v) is 30.0. The Kier molecular flexibility index (Phi) is 54.7. The molecule has 1 atom stereocenters. The predicted molar refractivity (Wildman–Crippen MR) is 284 cm³/mol. The van der Waals surface area contributed by atoms with Crippen molar-refractivity contribution in [3.8, 4) is 0 Å². The van der Waals surface area contributed by atoms with E-state index in [0.717, 1.165) is 57.8 Å². The van der Waals surface area contributed by atoms with Crippen molar-refractivity contribution in [3.05, 3.63) is 0 Å². The maximum atomic E-state index is 12.9. The maximum absolute atomic E-state index is 12.9. The number of esters is 3. The van der Waals surface area contributed by atoms with E-state index in [2.05, 4.69) is 20.8 Å². The Morgan fingerprint density at radius 1 is 0.242 bits per heavy atom. The molecule has 0 saturated carbocycles. The highest BCUT2D eigenvalue weighted by atomic mass is 16.6. The Morgan fingerprint density at radius 2 is 0.409 bits per heavy atom. The monoisotopic (exact) mass is 933 g/mol. The van der Waals surface area contributed by atoms with Gasteiger partial charge in [0.05, 0.1) is 0 Å². The largest absolute Gasteiger partial charge is 0.462 e. The summed E-state index contributed by atoms with van der Waals surface area (Å²) < 4.78 is 16.9. The first-order valence-electron chi connectivity index (χ1n) is 30.0. The van der Waals surface area contributed by atoms with Crippen LogP contribution in [-0.2, 0) is 28.6 Å². The van der Waals surface area contributed by atoms with Crippen LogP contribution in [0.3, 0.4) is 0 Å². The normalized spacial score (nSPS) is 11.9. The number of ether oxygens (including phenoxy) is 3. The van der Waals surface area contributed by atoms with E-state index < -0.39 is 6.10 Å². The molecule has 0 radical (unpaired) electrons. The van der Waals surface area contributed by atoms with Crippen LogP contribution in [-0.4, -0.2) is 37.2 Å². The van der Waals surface area contributed by atoms with Crippen LogP contribution in [0.2, 0.25) is 0 Å². The summed E-state index contributed by atoms with van der Waals surface area (Å²) in [6.45, 7) is 6.71. The van der Waals surface area contributed by atoms with E-state index in [1.165, 1.54) is 250 Å². The van der Waals surface area contributed by atoms with E-state index in [1.807, 2.05) is 0 Å². The van der Waals surface area contributed by atoms with Crippen molar-refractivity contribution in [2.45, 2.75) is 354 Å². The molecule has 6 heteroatoms. The molecule has 0 aliphatic heterocycles. The van der Waals surface area contributed by atoms with Crippen LogP contribution in [0.25, 0.3) is 0 Å². The second-order valence-electron chi connectivity index (χ2n) is 20.6. The van der Waals surface area contributed by atoms with Crippen LogP contribution in [0.1, 0.15) is 348 Å². The molecule has 0 aliphatic carbocycles. The van der Waals surface area contributed by atoms with E-state index in [1.54, 1.807) is 0 Å². The smallest absolute Gasteiger partial charge is 0.306 e.